The monoisotopic (exact) mass is 416 g/mol. The van der Waals surface area contributed by atoms with Gasteiger partial charge in [-0.15, -0.1) is 0 Å². The number of hydrogen-bond acceptors (Lipinski definition) is 6. The molecule has 0 fully saturated rings. The van der Waals surface area contributed by atoms with Gasteiger partial charge in [-0.25, -0.2) is 27.5 Å². The highest BCUT2D eigenvalue weighted by atomic mass is 32.2. The Kier molecular flexibility index (Phi) is 6.03. The summed E-state index contributed by atoms with van der Waals surface area (Å²) in [5, 5.41) is 2.58. The normalized spacial score (nSPS) is 12.1. The molecule has 0 aliphatic carbocycles. The molecule has 1 amide bonds. The highest BCUT2D eigenvalue weighted by Crippen LogP contribution is 2.19. The van der Waals surface area contributed by atoms with Gasteiger partial charge in [0.25, 0.3) is 15.9 Å². The lowest BCUT2D eigenvalue weighted by atomic mass is 10.3. The Balaban J connectivity index is 1.64. The topological polar surface area (TPSA) is 110 Å². The highest BCUT2D eigenvalue weighted by molar-refractivity contribution is 7.92. The van der Waals surface area contributed by atoms with Gasteiger partial charge in [-0.1, -0.05) is 12.1 Å². The van der Waals surface area contributed by atoms with E-state index in [-0.39, 0.29) is 16.6 Å². The van der Waals surface area contributed by atoms with Crippen LogP contribution < -0.4 is 14.8 Å². The zero-order valence-electron chi connectivity index (χ0n) is 15.2. The van der Waals surface area contributed by atoms with Gasteiger partial charge in [-0.05, 0) is 49.4 Å². The number of halogens is 1. The predicted octanol–water partition coefficient (Wildman–Crippen LogP) is 2.82. The largest absolute Gasteiger partial charge is 0.478 e. The molecule has 3 rings (SSSR count). The van der Waals surface area contributed by atoms with Gasteiger partial charge >= 0.3 is 0 Å². The summed E-state index contributed by atoms with van der Waals surface area (Å²) < 4.78 is 45.9. The molecule has 0 spiro atoms. The molecule has 0 radical (unpaired) electrons. The molecule has 3 aromatic rings. The average Bonchev–Trinajstić information content (AvgIpc) is 2.70. The molecule has 0 saturated carbocycles. The first kappa shape index (κ1) is 20.2. The molecule has 10 heteroatoms. The van der Waals surface area contributed by atoms with Crippen LogP contribution in [0.4, 0.5) is 16.0 Å². The van der Waals surface area contributed by atoms with E-state index in [0.717, 1.165) is 0 Å². The number of carbonyl (C=O) groups is 1. The van der Waals surface area contributed by atoms with E-state index in [1.165, 1.54) is 61.8 Å². The van der Waals surface area contributed by atoms with Crippen molar-refractivity contribution >= 4 is 27.6 Å². The van der Waals surface area contributed by atoms with Crippen molar-refractivity contribution in [1.82, 2.24) is 9.97 Å². The Morgan fingerprint density at radius 3 is 2.34 bits per heavy atom. The Bertz CT molecular complexity index is 1090. The summed E-state index contributed by atoms with van der Waals surface area (Å²) in [5.74, 6) is -1.17. The van der Waals surface area contributed by atoms with Crippen molar-refractivity contribution in [3.63, 3.8) is 0 Å². The number of hydrogen-bond donors (Lipinski definition) is 2. The number of sulfonamides is 1. The molecule has 0 saturated heterocycles. The van der Waals surface area contributed by atoms with E-state index in [2.05, 4.69) is 20.0 Å². The molecule has 0 aliphatic rings. The van der Waals surface area contributed by atoms with Crippen LogP contribution in [0.25, 0.3) is 0 Å². The predicted molar refractivity (Wildman–Crippen MR) is 104 cm³/mol. The van der Waals surface area contributed by atoms with Crippen molar-refractivity contribution < 1.29 is 22.3 Å². The van der Waals surface area contributed by atoms with Crippen LogP contribution in [0.1, 0.15) is 6.92 Å². The van der Waals surface area contributed by atoms with E-state index in [0.29, 0.717) is 5.69 Å². The number of ether oxygens (including phenoxy) is 1. The maximum atomic E-state index is 13.6. The molecular formula is C19H17FN4O4S. The third kappa shape index (κ3) is 5.26. The van der Waals surface area contributed by atoms with Gasteiger partial charge in [0.05, 0.1) is 4.90 Å². The van der Waals surface area contributed by atoms with Gasteiger partial charge in [0.1, 0.15) is 0 Å². The number of nitrogens with zero attached hydrogens (tertiary/aromatic N) is 2. The van der Waals surface area contributed by atoms with Crippen molar-refractivity contribution in [2.45, 2.75) is 17.9 Å². The lowest BCUT2D eigenvalue weighted by Gasteiger charge is -2.15. The molecule has 150 valence electrons. The van der Waals surface area contributed by atoms with Crippen LogP contribution in [-0.4, -0.2) is 30.4 Å². The number of rotatable bonds is 7. The number of para-hydroxylation sites is 1. The SMILES string of the molecule is CC(Oc1ccccc1F)C(=O)Nc1ccc(S(=O)(=O)Nc2ncccn2)cc1. The van der Waals surface area contributed by atoms with Gasteiger partial charge in [-0.2, -0.15) is 0 Å². The van der Waals surface area contributed by atoms with Crippen molar-refractivity contribution in [2.75, 3.05) is 10.0 Å². The van der Waals surface area contributed by atoms with Crippen molar-refractivity contribution in [3.8, 4) is 5.75 Å². The first-order chi connectivity index (χ1) is 13.8. The van der Waals surface area contributed by atoms with Crippen LogP contribution in [-0.2, 0) is 14.8 Å². The number of nitrogens with one attached hydrogen (secondary N) is 2. The van der Waals surface area contributed by atoms with Crippen LogP contribution in [0.5, 0.6) is 5.75 Å². The maximum absolute atomic E-state index is 13.6. The number of anilines is 2. The number of aromatic nitrogens is 2. The third-order valence-electron chi connectivity index (χ3n) is 3.73. The number of carbonyl (C=O) groups excluding carboxylic acids is 1. The highest BCUT2D eigenvalue weighted by Gasteiger charge is 2.18. The minimum absolute atomic E-state index is 0.0291. The zero-order chi connectivity index (χ0) is 20.9. The summed E-state index contributed by atoms with van der Waals surface area (Å²) in [6, 6.07) is 12.8. The molecule has 1 atom stereocenters. The quantitative estimate of drug-likeness (QED) is 0.613. The molecular weight excluding hydrogens is 399 g/mol. The van der Waals surface area contributed by atoms with E-state index in [1.807, 2.05) is 0 Å². The van der Waals surface area contributed by atoms with Gasteiger partial charge < -0.3 is 10.1 Å². The fourth-order valence-electron chi connectivity index (χ4n) is 2.28. The summed E-state index contributed by atoms with van der Waals surface area (Å²) in [4.78, 5) is 19.8. The summed E-state index contributed by atoms with van der Waals surface area (Å²) in [6.45, 7) is 1.48. The van der Waals surface area contributed by atoms with Gasteiger partial charge in [0.15, 0.2) is 17.7 Å². The third-order valence-corrected chi connectivity index (χ3v) is 5.08. The second-order valence-corrected chi connectivity index (χ2v) is 7.56. The van der Waals surface area contributed by atoms with Crippen LogP contribution in [0.2, 0.25) is 0 Å². The summed E-state index contributed by atoms with van der Waals surface area (Å²) in [5.41, 5.74) is 0.355. The Morgan fingerprint density at radius 1 is 1.03 bits per heavy atom. The smallest absolute Gasteiger partial charge is 0.265 e. The van der Waals surface area contributed by atoms with Crippen molar-refractivity contribution in [3.05, 3.63) is 72.8 Å². The molecule has 1 aromatic heterocycles. The number of benzene rings is 2. The average molecular weight is 416 g/mol. The van der Waals surface area contributed by atoms with E-state index >= 15 is 0 Å². The van der Waals surface area contributed by atoms with Gasteiger partial charge in [0.2, 0.25) is 5.95 Å². The molecule has 8 nitrogen and oxygen atoms in total. The lowest BCUT2D eigenvalue weighted by Crippen LogP contribution is -2.30. The van der Waals surface area contributed by atoms with E-state index in [4.69, 9.17) is 4.74 Å². The van der Waals surface area contributed by atoms with E-state index in [9.17, 15) is 17.6 Å². The molecule has 1 unspecified atom stereocenters. The summed E-state index contributed by atoms with van der Waals surface area (Å²) >= 11 is 0. The molecule has 0 bridgehead atoms. The van der Waals surface area contributed by atoms with Crippen LogP contribution in [0.15, 0.2) is 71.9 Å². The number of amides is 1. The first-order valence-corrected chi connectivity index (χ1v) is 9.95. The molecule has 2 aromatic carbocycles. The van der Waals surface area contributed by atoms with Crippen molar-refractivity contribution in [2.24, 2.45) is 0 Å². The summed E-state index contributed by atoms with van der Waals surface area (Å²) in [6.07, 6.45) is 1.86. The minimum Gasteiger partial charge on any atom is -0.478 e. The molecule has 1 heterocycles. The second kappa shape index (κ2) is 8.65. The molecule has 29 heavy (non-hydrogen) atoms. The Morgan fingerprint density at radius 2 is 1.69 bits per heavy atom. The molecule has 2 N–H and O–H groups in total. The second-order valence-electron chi connectivity index (χ2n) is 5.88. The zero-order valence-corrected chi connectivity index (χ0v) is 16.1. The van der Waals surface area contributed by atoms with Crippen LogP contribution in [0, 0.1) is 5.82 Å². The Labute approximate surface area is 166 Å². The van der Waals surface area contributed by atoms with E-state index in [1.54, 1.807) is 12.1 Å². The summed E-state index contributed by atoms with van der Waals surface area (Å²) in [7, 11) is -3.87. The van der Waals surface area contributed by atoms with E-state index < -0.39 is 27.9 Å². The fourth-order valence-corrected chi connectivity index (χ4v) is 3.23. The maximum Gasteiger partial charge on any atom is 0.265 e. The van der Waals surface area contributed by atoms with Crippen molar-refractivity contribution in [1.29, 1.82) is 0 Å². The first-order valence-electron chi connectivity index (χ1n) is 8.47. The van der Waals surface area contributed by atoms with Crippen LogP contribution >= 0.6 is 0 Å². The fraction of sp³-hybridized carbons (Fsp3) is 0.105. The van der Waals surface area contributed by atoms with Crippen LogP contribution in [0.3, 0.4) is 0 Å². The molecule has 0 aliphatic heterocycles. The minimum atomic E-state index is -3.87. The van der Waals surface area contributed by atoms with Gasteiger partial charge in [-0.3, -0.25) is 4.79 Å². The Hall–Kier alpha value is -3.53. The lowest BCUT2D eigenvalue weighted by molar-refractivity contribution is -0.122. The standard InChI is InChI=1S/C19H17FN4O4S/c1-13(28-17-6-3-2-5-16(17)20)18(25)23-14-7-9-15(10-8-14)29(26,27)24-19-21-11-4-12-22-19/h2-13H,1H3,(H,23,25)(H,21,22,24). The van der Waals surface area contributed by atoms with Gasteiger partial charge in [0, 0.05) is 18.1 Å².